The summed E-state index contributed by atoms with van der Waals surface area (Å²) in [7, 11) is 1.94. The second-order valence-corrected chi connectivity index (χ2v) is 4.81. The van der Waals surface area contributed by atoms with Crippen molar-refractivity contribution in [3.63, 3.8) is 0 Å². The van der Waals surface area contributed by atoms with Gasteiger partial charge in [-0.05, 0) is 6.42 Å². The Hall–Kier alpha value is -1.85. The Bertz CT molecular complexity index is 469. The summed E-state index contributed by atoms with van der Waals surface area (Å²) in [6.07, 6.45) is 5.35. The molecule has 1 aliphatic heterocycles. The lowest BCUT2D eigenvalue weighted by atomic mass is 10.2. The summed E-state index contributed by atoms with van der Waals surface area (Å²) >= 11 is 0. The standard InChI is InChI=1S/C13H20N4O2/c1-3-10-13(19)17(8-5-12(18)15-10)7-4-11-14-6-9-16(11)2/h6,9-10H,3-5,7-8H2,1-2H3,(H,15,18). The molecule has 2 amide bonds. The van der Waals surface area contributed by atoms with Crippen LogP contribution < -0.4 is 5.32 Å². The van der Waals surface area contributed by atoms with Gasteiger partial charge in [-0.1, -0.05) is 6.92 Å². The lowest BCUT2D eigenvalue weighted by Gasteiger charge is -2.23. The Morgan fingerprint density at radius 3 is 2.89 bits per heavy atom. The van der Waals surface area contributed by atoms with E-state index in [0.29, 0.717) is 32.4 Å². The lowest BCUT2D eigenvalue weighted by Crippen LogP contribution is -2.44. The van der Waals surface area contributed by atoms with Crippen LogP contribution in [0.25, 0.3) is 0 Å². The van der Waals surface area contributed by atoms with Crippen LogP contribution in [0.5, 0.6) is 0 Å². The molecule has 1 unspecified atom stereocenters. The first-order chi connectivity index (χ1) is 9.11. The van der Waals surface area contributed by atoms with Crippen molar-refractivity contribution >= 4 is 11.8 Å². The second kappa shape index (κ2) is 5.86. The van der Waals surface area contributed by atoms with Crippen molar-refractivity contribution in [3.8, 4) is 0 Å². The normalized spacial score (nSPS) is 20.3. The molecule has 2 heterocycles. The minimum atomic E-state index is -0.378. The molecule has 0 aromatic carbocycles. The molecule has 1 N–H and O–H groups in total. The molecule has 1 aliphatic rings. The smallest absolute Gasteiger partial charge is 0.245 e. The van der Waals surface area contributed by atoms with E-state index in [4.69, 9.17) is 0 Å². The highest BCUT2D eigenvalue weighted by atomic mass is 16.2. The van der Waals surface area contributed by atoms with E-state index < -0.39 is 0 Å². The van der Waals surface area contributed by atoms with Crippen LogP contribution in [0.3, 0.4) is 0 Å². The summed E-state index contributed by atoms with van der Waals surface area (Å²) in [5.41, 5.74) is 0. The van der Waals surface area contributed by atoms with Crippen LogP contribution in [0, 0.1) is 0 Å². The Labute approximate surface area is 112 Å². The zero-order valence-corrected chi connectivity index (χ0v) is 11.4. The molecule has 1 aromatic rings. The highest BCUT2D eigenvalue weighted by Crippen LogP contribution is 2.08. The van der Waals surface area contributed by atoms with Crippen LogP contribution in [0.15, 0.2) is 12.4 Å². The maximum atomic E-state index is 12.3. The van der Waals surface area contributed by atoms with Gasteiger partial charge < -0.3 is 14.8 Å². The van der Waals surface area contributed by atoms with Crippen molar-refractivity contribution in [3.05, 3.63) is 18.2 Å². The molecule has 1 fully saturated rings. The van der Waals surface area contributed by atoms with Crippen molar-refractivity contribution < 1.29 is 9.59 Å². The fourth-order valence-electron chi connectivity index (χ4n) is 2.27. The van der Waals surface area contributed by atoms with Gasteiger partial charge in [0, 0.05) is 45.4 Å². The number of hydrogen-bond acceptors (Lipinski definition) is 3. The first-order valence-electron chi connectivity index (χ1n) is 6.66. The highest BCUT2D eigenvalue weighted by molar-refractivity contribution is 5.89. The molecule has 0 saturated carbocycles. The summed E-state index contributed by atoms with van der Waals surface area (Å²) < 4.78 is 1.95. The molecular formula is C13H20N4O2. The van der Waals surface area contributed by atoms with Crippen molar-refractivity contribution in [2.45, 2.75) is 32.2 Å². The Morgan fingerprint density at radius 1 is 1.47 bits per heavy atom. The summed E-state index contributed by atoms with van der Waals surface area (Å²) in [6, 6.07) is -0.378. The van der Waals surface area contributed by atoms with Crippen LogP contribution >= 0.6 is 0 Å². The van der Waals surface area contributed by atoms with E-state index in [9.17, 15) is 9.59 Å². The second-order valence-electron chi connectivity index (χ2n) is 4.81. The maximum absolute atomic E-state index is 12.3. The summed E-state index contributed by atoms with van der Waals surface area (Å²) in [4.78, 5) is 29.8. The Balaban J connectivity index is 2.00. The zero-order valence-electron chi connectivity index (χ0n) is 11.4. The van der Waals surface area contributed by atoms with E-state index in [1.165, 1.54) is 0 Å². The average Bonchev–Trinajstić information content (AvgIpc) is 2.74. The van der Waals surface area contributed by atoms with Crippen LogP contribution in [0.1, 0.15) is 25.6 Å². The molecule has 1 aromatic heterocycles. The first-order valence-corrected chi connectivity index (χ1v) is 6.66. The fraction of sp³-hybridized carbons (Fsp3) is 0.615. The molecule has 0 radical (unpaired) electrons. The number of carbonyl (C=O) groups excluding carboxylic acids is 2. The van der Waals surface area contributed by atoms with Crippen molar-refractivity contribution in [1.82, 2.24) is 19.8 Å². The number of carbonyl (C=O) groups is 2. The number of imidazole rings is 1. The third kappa shape index (κ3) is 3.13. The van der Waals surface area contributed by atoms with E-state index in [1.54, 1.807) is 11.1 Å². The number of nitrogens with zero attached hydrogens (tertiary/aromatic N) is 3. The average molecular weight is 264 g/mol. The van der Waals surface area contributed by atoms with E-state index >= 15 is 0 Å². The van der Waals surface area contributed by atoms with Crippen LogP contribution in [-0.4, -0.2) is 45.4 Å². The number of rotatable bonds is 4. The molecule has 104 valence electrons. The highest BCUT2D eigenvalue weighted by Gasteiger charge is 2.28. The van der Waals surface area contributed by atoms with Gasteiger partial charge in [0.15, 0.2) is 0 Å². The SMILES string of the molecule is CCC1NC(=O)CCN(CCc2nccn2C)C1=O. The maximum Gasteiger partial charge on any atom is 0.245 e. The topological polar surface area (TPSA) is 67.2 Å². The van der Waals surface area contributed by atoms with Gasteiger partial charge >= 0.3 is 0 Å². The van der Waals surface area contributed by atoms with Crippen molar-refractivity contribution in [2.75, 3.05) is 13.1 Å². The van der Waals surface area contributed by atoms with Crippen LogP contribution in [-0.2, 0) is 23.1 Å². The molecule has 6 heteroatoms. The Morgan fingerprint density at radius 2 is 2.26 bits per heavy atom. The molecule has 6 nitrogen and oxygen atoms in total. The first kappa shape index (κ1) is 13.6. The van der Waals surface area contributed by atoms with Crippen molar-refractivity contribution in [2.24, 2.45) is 7.05 Å². The zero-order chi connectivity index (χ0) is 13.8. The minimum Gasteiger partial charge on any atom is -0.344 e. The molecule has 19 heavy (non-hydrogen) atoms. The number of aryl methyl sites for hydroxylation is 1. The summed E-state index contributed by atoms with van der Waals surface area (Å²) in [5, 5.41) is 2.76. The summed E-state index contributed by atoms with van der Waals surface area (Å²) in [6.45, 7) is 3.01. The van der Waals surface area contributed by atoms with E-state index in [1.807, 2.05) is 24.7 Å². The number of hydrogen-bond donors (Lipinski definition) is 1. The van der Waals surface area contributed by atoms with E-state index in [2.05, 4.69) is 10.3 Å². The number of nitrogens with one attached hydrogen (secondary N) is 1. The Kier molecular flexibility index (Phi) is 4.19. The quantitative estimate of drug-likeness (QED) is 0.838. The van der Waals surface area contributed by atoms with Gasteiger partial charge in [-0.3, -0.25) is 9.59 Å². The molecule has 0 spiro atoms. The van der Waals surface area contributed by atoms with E-state index in [-0.39, 0.29) is 17.9 Å². The van der Waals surface area contributed by atoms with E-state index in [0.717, 1.165) is 5.82 Å². The third-order valence-corrected chi connectivity index (χ3v) is 3.49. The van der Waals surface area contributed by atoms with Gasteiger partial charge in [-0.15, -0.1) is 0 Å². The monoisotopic (exact) mass is 264 g/mol. The molecule has 1 saturated heterocycles. The van der Waals surface area contributed by atoms with Crippen LogP contribution in [0.4, 0.5) is 0 Å². The molecular weight excluding hydrogens is 244 g/mol. The van der Waals surface area contributed by atoms with Gasteiger partial charge in [0.05, 0.1) is 0 Å². The minimum absolute atomic E-state index is 0.0163. The van der Waals surface area contributed by atoms with Crippen LogP contribution in [0.2, 0.25) is 0 Å². The van der Waals surface area contributed by atoms with Gasteiger partial charge in [0.25, 0.3) is 0 Å². The third-order valence-electron chi connectivity index (χ3n) is 3.49. The molecule has 2 rings (SSSR count). The van der Waals surface area contributed by atoms with Gasteiger partial charge in [-0.2, -0.15) is 0 Å². The largest absolute Gasteiger partial charge is 0.344 e. The van der Waals surface area contributed by atoms with Gasteiger partial charge in [0.1, 0.15) is 11.9 Å². The van der Waals surface area contributed by atoms with Crippen molar-refractivity contribution in [1.29, 1.82) is 0 Å². The lowest BCUT2D eigenvalue weighted by molar-refractivity contribution is -0.133. The summed E-state index contributed by atoms with van der Waals surface area (Å²) in [5.74, 6) is 0.923. The van der Waals surface area contributed by atoms with Gasteiger partial charge in [0.2, 0.25) is 11.8 Å². The fourth-order valence-corrected chi connectivity index (χ4v) is 2.27. The number of amides is 2. The van der Waals surface area contributed by atoms with Gasteiger partial charge in [-0.25, -0.2) is 4.98 Å². The predicted molar refractivity (Wildman–Crippen MR) is 70.3 cm³/mol. The molecule has 0 aliphatic carbocycles. The molecule has 1 atom stereocenters. The predicted octanol–water partition coefficient (Wildman–Crippen LogP) is 0.0897. The molecule has 0 bridgehead atoms. The number of aromatic nitrogens is 2.